The lowest BCUT2D eigenvalue weighted by Crippen LogP contribution is -2.37. The molecule has 0 atom stereocenters. The van der Waals surface area contributed by atoms with Crippen LogP contribution in [0.2, 0.25) is 0 Å². The summed E-state index contributed by atoms with van der Waals surface area (Å²) in [5.41, 5.74) is 5.71. The molecule has 1 aliphatic rings. The van der Waals surface area contributed by atoms with Crippen molar-refractivity contribution in [2.24, 2.45) is 0 Å². The highest BCUT2D eigenvalue weighted by Crippen LogP contribution is 2.13. The van der Waals surface area contributed by atoms with Gasteiger partial charge in [0, 0.05) is 19.6 Å². The number of hydrogen-bond acceptors (Lipinski definition) is 7. The zero-order valence-corrected chi connectivity index (χ0v) is 10.7. The molecule has 7 heteroatoms. The topological polar surface area (TPSA) is 89.2 Å². The van der Waals surface area contributed by atoms with Crippen LogP contribution in [0.25, 0.3) is 0 Å². The lowest BCUT2D eigenvalue weighted by atomic mass is 10.3. The van der Waals surface area contributed by atoms with Crippen LogP contribution in [0.15, 0.2) is 0 Å². The third-order valence-corrected chi connectivity index (χ3v) is 2.75. The van der Waals surface area contributed by atoms with Gasteiger partial charge in [0.1, 0.15) is 0 Å². The maximum atomic E-state index is 5.71. The van der Waals surface area contributed by atoms with E-state index >= 15 is 0 Å². The number of unbranched alkanes of at least 4 members (excludes halogenated alkanes) is 1. The molecule has 0 bridgehead atoms. The molecule has 2 rings (SSSR count). The second-order valence-electron chi connectivity index (χ2n) is 4.20. The summed E-state index contributed by atoms with van der Waals surface area (Å²) in [5, 5.41) is 3.17. The van der Waals surface area contributed by atoms with Crippen LogP contribution in [0.4, 0.5) is 17.8 Å². The van der Waals surface area contributed by atoms with Gasteiger partial charge in [-0.2, -0.15) is 15.0 Å². The van der Waals surface area contributed by atoms with Crippen LogP contribution < -0.4 is 16.0 Å². The van der Waals surface area contributed by atoms with Gasteiger partial charge in [0.05, 0.1) is 13.2 Å². The van der Waals surface area contributed by atoms with Gasteiger partial charge in [-0.15, -0.1) is 0 Å². The molecular weight excluding hydrogens is 232 g/mol. The summed E-state index contributed by atoms with van der Waals surface area (Å²) in [6.07, 6.45) is 2.21. The number of nitrogen functional groups attached to an aromatic ring is 1. The molecule has 1 saturated heterocycles. The Kier molecular flexibility index (Phi) is 4.52. The molecule has 3 N–H and O–H groups in total. The second-order valence-corrected chi connectivity index (χ2v) is 4.20. The molecule has 0 aromatic carbocycles. The number of anilines is 3. The minimum absolute atomic E-state index is 0.255. The first-order chi connectivity index (χ1) is 8.79. The summed E-state index contributed by atoms with van der Waals surface area (Å²) in [5.74, 6) is 1.44. The van der Waals surface area contributed by atoms with Crippen LogP contribution in [-0.4, -0.2) is 47.8 Å². The van der Waals surface area contributed by atoms with Crippen molar-refractivity contribution in [3.05, 3.63) is 0 Å². The zero-order valence-electron chi connectivity index (χ0n) is 10.7. The van der Waals surface area contributed by atoms with Gasteiger partial charge < -0.3 is 20.7 Å². The second kappa shape index (κ2) is 6.34. The van der Waals surface area contributed by atoms with Crippen molar-refractivity contribution in [1.29, 1.82) is 0 Å². The van der Waals surface area contributed by atoms with E-state index in [1.54, 1.807) is 0 Å². The number of ether oxygens (including phenoxy) is 1. The van der Waals surface area contributed by atoms with E-state index in [0.717, 1.165) is 32.5 Å². The van der Waals surface area contributed by atoms with Crippen molar-refractivity contribution in [2.75, 3.05) is 48.8 Å². The Bertz CT molecular complexity index is 380. The van der Waals surface area contributed by atoms with Crippen molar-refractivity contribution in [1.82, 2.24) is 15.0 Å². The number of nitrogens with one attached hydrogen (secondary N) is 1. The Labute approximate surface area is 107 Å². The highest BCUT2D eigenvalue weighted by Gasteiger charge is 2.15. The fourth-order valence-electron chi connectivity index (χ4n) is 1.74. The van der Waals surface area contributed by atoms with Gasteiger partial charge in [0.25, 0.3) is 0 Å². The number of nitrogens with two attached hydrogens (primary N) is 1. The highest BCUT2D eigenvalue weighted by atomic mass is 16.5. The van der Waals surface area contributed by atoms with Crippen LogP contribution in [0.1, 0.15) is 19.8 Å². The molecule has 2 heterocycles. The zero-order chi connectivity index (χ0) is 12.8. The monoisotopic (exact) mass is 252 g/mol. The largest absolute Gasteiger partial charge is 0.378 e. The van der Waals surface area contributed by atoms with Crippen LogP contribution >= 0.6 is 0 Å². The molecule has 1 aromatic heterocycles. The Morgan fingerprint density at radius 2 is 2.06 bits per heavy atom. The average molecular weight is 252 g/mol. The van der Waals surface area contributed by atoms with E-state index in [9.17, 15) is 0 Å². The Balaban J connectivity index is 2.05. The van der Waals surface area contributed by atoms with Crippen molar-refractivity contribution in [2.45, 2.75) is 19.8 Å². The van der Waals surface area contributed by atoms with E-state index < -0.39 is 0 Å². The van der Waals surface area contributed by atoms with E-state index in [2.05, 4.69) is 32.1 Å². The first-order valence-electron chi connectivity index (χ1n) is 6.37. The van der Waals surface area contributed by atoms with E-state index in [1.165, 1.54) is 0 Å². The summed E-state index contributed by atoms with van der Waals surface area (Å²) < 4.78 is 5.30. The number of rotatable bonds is 5. The Morgan fingerprint density at radius 1 is 1.28 bits per heavy atom. The molecule has 0 spiro atoms. The van der Waals surface area contributed by atoms with Gasteiger partial charge in [-0.3, -0.25) is 0 Å². The minimum Gasteiger partial charge on any atom is -0.378 e. The predicted molar refractivity (Wildman–Crippen MR) is 70.7 cm³/mol. The van der Waals surface area contributed by atoms with Crippen molar-refractivity contribution < 1.29 is 4.74 Å². The molecule has 1 aliphatic heterocycles. The molecule has 0 amide bonds. The van der Waals surface area contributed by atoms with Crippen LogP contribution in [0, 0.1) is 0 Å². The molecule has 0 unspecified atom stereocenters. The van der Waals surface area contributed by atoms with E-state index in [4.69, 9.17) is 10.5 Å². The van der Waals surface area contributed by atoms with Gasteiger partial charge in [0.2, 0.25) is 17.8 Å². The fourth-order valence-corrected chi connectivity index (χ4v) is 1.74. The summed E-state index contributed by atoms with van der Waals surface area (Å²) in [7, 11) is 0. The van der Waals surface area contributed by atoms with Crippen LogP contribution in [0.5, 0.6) is 0 Å². The van der Waals surface area contributed by atoms with Gasteiger partial charge in [-0.1, -0.05) is 13.3 Å². The number of morpholine rings is 1. The lowest BCUT2D eigenvalue weighted by molar-refractivity contribution is 0.122. The first kappa shape index (κ1) is 12.8. The Hall–Kier alpha value is -1.63. The molecule has 1 aromatic rings. The maximum absolute atomic E-state index is 5.71. The molecule has 1 fully saturated rings. The van der Waals surface area contributed by atoms with Gasteiger partial charge >= 0.3 is 0 Å². The standard InChI is InChI=1S/C11H20N6O/c1-2-3-4-13-10-14-9(12)15-11(16-10)17-5-7-18-8-6-17/h2-8H2,1H3,(H3,12,13,14,15,16). The van der Waals surface area contributed by atoms with Gasteiger partial charge in [-0.05, 0) is 6.42 Å². The van der Waals surface area contributed by atoms with Crippen LogP contribution in [-0.2, 0) is 4.74 Å². The van der Waals surface area contributed by atoms with Crippen molar-refractivity contribution >= 4 is 17.8 Å². The van der Waals surface area contributed by atoms with Gasteiger partial charge in [-0.25, -0.2) is 0 Å². The molecular formula is C11H20N6O. The van der Waals surface area contributed by atoms with Crippen molar-refractivity contribution in [3.63, 3.8) is 0 Å². The average Bonchev–Trinajstić information content (AvgIpc) is 2.39. The quantitative estimate of drug-likeness (QED) is 0.738. The molecule has 0 aliphatic carbocycles. The molecule has 7 nitrogen and oxygen atoms in total. The summed E-state index contributed by atoms with van der Waals surface area (Å²) in [6.45, 7) is 5.97. The molecule has 18 heavy (non-hydrogen) atoms. The fraction of sp³-hybridized carbons (Fsp3) is 0.727. The summed E-state index contributed by atoms with van der Waals surface area (Å²) >= 11 is 0. The normalized spacial score (nSPS) is 15.7. The molecule has 0 saturated carbocycles. The minimum atomic E-state index is 0.255. The SMILES string of the molecule is CCCCNc1nc(N)nc(N2CCOCC2)n1. The van der Waals surface area contributed by atoms with Crippen molar-refractivity contribution in [3.8, 4) is 0 Å². The van der Waals surface area contributed by atoms with E-state index in [1.807, 2.05) is 0 Å². The highest BCUT2D eigenvalue weighted by molar-refractivity contribution is 5.42. The predicted octanol–water partition coefficient (Wildman–Crippen LogP) is 0.502. The van der Waals surface area contributed by atoms with E-state index in [-0.39, 0.29) is 5.95 Å². The summed E-state index contributed by atoms with van der Waals surface area (Å²) in [4.78, 5) is 14.7. The number of aromatic nitrogens is 3. The Morgan fingerprint density at radius 3 is 2.78 bits per heavy atom. The molecule has 0 radical (unpaired) electrons. The first-order valence-corrected chi connectivity index (χ1v) is 6.37. The molecule has 100 valence electrons. The third kappa shape index (κ3) is 3.43. The summed E-state index contributed by atoms with van der Waals surface area (Å²) in [6, 6.07) is 0. The maximum Gasteiger partial charge on any atom is 0.232 e. The van der Waals surface area contributed by atoms with Gasteiger partial charge in [0.15, 0.2) is 0 Å². The number of nitrogens with zero attached hydrogens (tertiary/aromatic N) is 4. The lowest BCUT2D eigenvalue weighted by Gasteiger charge is -2.26. The van der Waals surface area contributed by atoms with Crippen LogP contribution in [0.3, 0.4) is 0 Å². The number of hydrogen-bond donors (Lipinski definition) is 2. The smallest absolute Gasteiger partial charge is 0.232 e. The van der Waals surface area contributed by atoms with E-state index in [0.29, 0.717) is 25.1 Å². The third-order valence-electron chi connectivity index (χ3n) is 2.75.